The smallest absolute Gasteiger partial charge is 0.205 e. The average molecular weight is 257 g/mol. The van der Waals surface area contributed by atoms with E-state index in [1.165, 1.54) is 0 Å². The quantitative estimate of drug-likeness (QED) is 0.577. The number of aromatic nitrogens is 2. The summed E-state index contributed by atoms with van der Waals surface area (Å²) in [6.45, 7) is 0. The van der Waals surface area contributed by atoms with E-state index in [1.807, 2.05) is 30.3 Å². The number of thioether (sulfide) groups is 1. The van der Waals surface area contributed by atoms with Gasteiger partial charge in [-0.25, -0.2) is 4.98 Å². The highest BCUT2D eigenvalue weighted by molar-refractivity contribution is 7.98. The number of nitrogens with zero attached hydrogens (tertiary/aromatic N) is 2. The lowest BCUT2D eigenvalue weighted by atomic mass is 10.3. The highest BCUT2D eigenvalue weighted by atomic mass is 32.2. The van der Waals surface area contributed by atoms with E-state index < -0.39 is 0 Å². The van der Waals surface area contributed by atoms with Crippen LogP contribution < -0.4 is 5.73 Å². The number of hydrogen-bond acceptors (Lipinski definition) is 5. The Morgan fingerprint density at radius 3 is 2.78 bits per heavy atom. The Bertz CT molecular complexity index is 666. The number of pyridine rings is 1. The lowest BCUT2D eigenvalue weighted by molar-refractivity contribution is 0.556. The molecule has 3 aromatic rings. The van der Waals surface area contributed by atoms with Crippen molar-refractivity contribution in [2.24, 2.45) is 0 Å². The van der Waals surface area contributed by atoms with Crippen LogP contribution in [0.4, 0.5) is 5.69 Å². The van der Waals surface area contributed by atoms with Crippen LogP contribution in [-0.4, -0.2) is 9.97 Å². The summed E-state index contributed by atoms with van der Waals surface area (Å²) in [7, 11) is 0. The highest BCUT2D eigenvalue weighted by Gasteiger charge is 2.08. The molecule has 0 unspecified atom stereocenters. The molecule has 2 aromatic heterocycles. The second-order valence-electron chi connectivity index (χ2n) is 3.77. The molecule has 0 bridgehead atoms. The van der Waals surface area contributed by atoms with E-state index in [1.54, 1.807) is 24.2 Å². The van der Waals surface area contributed by atoms with E-state index in [-0.39, 0.29) is 0 Å². The minimum absolute atomic E-state index is 0.649. The molecule has 0 saturated carbocycles. The SMILES string of the molecule is Nc1cccc2oc(CSc3ccncc3)nc12. The second kappa shape index (κ2) is 4.70. The summed E-state index contributed by atoms with van der Waals surface area (Å²) < 4.78 is 5.64. The van der Waals surface area contributed by atoms with Gasteiger partial charge in [-0.15, -0.1) is 11.8 Å². The molecule has 90 valence electrons. The van der Waals surface area contributed by atoms with Crippen molar-refractivity contribution in [3.8, 4) is 0 Å². The maximum Gasteiger partial charge on any atom is 0.205 e. The molecule has 3 rings (SSSR count). The topological polar surface area (TPSA) is 64.9 Å². The van der Waals surface area contributed by atoms with Gasteiger partial charge in [0.15, 0.2) is 5.58 Å². The standard InChI is InChI=1S/C13H11N3OS/c14-10-2-1-3-11-13(10)16-12(17-11)8-18-9-4-6-15-7-5-9/h1-7H,8,14H2. The van der Waals surface area contributed by atoms with Gasteiger partial charge in [-0.05, 0) is 24.3 Å². The van der Waals surface area contributed by atoms with Crippen molar-refractivity contribution >= 4 is 28.5 Å². The number of anilines is 1. The van der Waals surface area contributed by atoms with E-state index in [0.717, 1.165) is 16.0 Å². The maximum absolute atomic E-state index is 5.84. The molecular formula is C13H11N3OS. The second-order valence-corrected chi connectivity index (χ2v) is 4.82. The van der Waals surface area contributed by atoms with Crippen LogP contribution in [0, 0.1) is 0 Å². The van der Waals surface area contributed by atoms with Gasteiger partial charge in [0.25, 0.3) is 0 Å². The summed E-state index contributed by atoms with van der Waals surface area (Å²) in [5.74, 6) is 1.36. The number of hydrogen-bond donors (Lipinski definition) is 1. The normalized spacial score (nSPS) is 10.9. The minimum Gasteiger partial charge on any atom is -0.440 e. The fraction of sp³-hybridized carbons (Fsp3) is 0.0769. The molecule has 0 saturated heterocycles. The van der Waals surface area contributed by atoms with Crippen molar-refractivity contribution in [3.63, 3.8) is 0 Å². The Hall–Kier alpha value is -2.01. The third kappa shape index (κ3) is 2.17. The fourth-order valence-corrected chi connectivity index (χ4v) is 2.38. The van der Waals surface area contributed by atoms with Gasteiger partial charge in [0, 0.05) is 17.3 Å². The van der Waals surface area contributed by atoms with Gasteiger partial charge in [-0.3, -0.25) is 4.98 Å². The third-order valence-corrected chi connectivity index (χ3v) is 3.50. The number of nitrogen functional groups attached to an aromatic ring is 1. The number of para-hydroxylation sites is 1. The minimum atomic E-state index is 0.649. The van der Waals surface area contributed by atoms with E-state index in [4.69, 9.17) is 10.2 Å². The Kier molecular flexibility index (Phi) is 2.90. The molecule has 0 spiro atoms. The van der Waals surface area contributed by atoms with Crippen molar-refractivity contribution in [2.75, 3.05) is 5.73 Å². The predicted molar refractivity (Wildman–Crippen MR) is 72.2 cm³/mol. The van der Waals surface area contributed by atoms with E-state index in [9.17, 15) is 0 Å². The van der Waals surface area contributed by atoms with Gasteiger partial charge >= 0.3 is 0 Å². The van der Waals surface area contributed by atoms with Gasteiger partial charge in [-0.2, -0.15) is 0 Å². The molecule has 0 atom stereocenters. The first-order valence-corrected chi connectivity index (χ1v) is 6.48. The van der Waals surface area contributed by atoms with Crippen LogP contribution in [0.15, 0.2) is 52.0 Å². The molecule has 0 aliphatic rings. The number of benzene rings is 1. The Balaban J connectivity index is 1.81. The Labute approximate surface area is 108 Å². The number of oxazole rings is 1. The van der Waals surface area contributed by atoms with Crippen LogP contribution in [0.5, 0.6) is 0 Å². The first-order chi connectivity index (χ1) is 8.83. The van der Waals surface area contributed by atoms with E-state index in [0.29, 0.717) is 17.3 Å². The molecule has 0 aliphatic heterocycles. The summed E-state index contributed by atoms with van der Waals surface area (Å²) in [4.78, 5) is 9.52. The summed E-state index contributed by atoms with van der Waals surface area (Å²) in [5, 5.41) is 0. The number of nitrogens with two attached hydrogens (primary N) is 1. The molecule has 18 heavy (non-hydrogen) atoms. The van der Waals surface area contributed by atoms with Gasteiger partial charge < -0.3 is 10.2 Å². The molecule has 0 radical (unpaired) electrons. The van der Waals surface area contributed by atoms with Crippen molar-refractivity contribution in [1.82, 2.24) is 9.97 Å². The fourth-order valence-electron chi connectivity index (χ4n) is 1.66. The van der Waals surface area contributed by atoms with Crippen LogP contribution in [0.2, 0.25) is 0 Å². The Morgan fingerprint density at radius 2 is 2.00 bits per heavy atom. The summed E-state index contributed by atoms with van der Waals surface area (Å²) >= 11 is 1.66. The summed E-state index contributed by atoms with van der Waals surface area (Å²) in [5.41, 5.74) is 7.96. The Morgan fingerprint density at radius 1 is 1.17 bits per heavy atom. The van der Waals surface area contributed by atoms with Crippen LogP contribution in [0.1, 0.15) is 5.89 Å². The molecule has 1 aromatic carbocycles. The van der Waals surface area contributed by atoms with Crippen molar-refractivity contribution in [2.45, 2.75) is 10.6 Å². The van der Waals surface area contributed by atoms with Gasteiger partial charge in [0.2, 0.25) is 5.89 Å². The van der Waals surface area contributed by atoms with Crippen molar-refractivity contribution in [1.29, 1.82) is 0 Å². The molecule has 2 N–H and O–H groups in total. The maximum atomic E-state index is 5.84. The zero-order valence-electron chi connectivity index (χ0n) is 9.54. The molecule has 0 fully saturated rings. The van der Waals surface area contributed by atoms with E-state index >= 15 is 0 Å². The lowest BCUT2D eigenvalue weighted by Crippen LogP contribution is -1.85. The molecule has 0 amide bonds. The number of rotatable bonds is 3. The van der Waals surface area contributed by atoms with Gasteiger partial charge in [-0.1, -0.05) is 6.07 Å². The van der Waals surface area contributed by atoms with Crippen molar-refractivity contribution < 1.29 is 4.42 Å². The van der Waals surface area contributed by atoms with Gasteiger partial charge in [0.1, 0.15) is 5.52 Å². The molecule has 0 aliphatic carbocycles. The molecule has 4 nitrogen and oxygen atoms in total. The van der Waals surface area contributed by atoms with Crippen molar-refractivity contribution in [3.05, 3.63) is 48.6 Å². The van der Waals surface area contributed by atoms with Crippen LogP contribution in [0.3, 0.4) is 0 Å². The average Bonchev–Trinajstić information content (AvgIpc) is 2.82. The third-order valence-electron chi connectivity index (χ3n) is 2.51. The number of fused-ring (bicyclic) bond motifs is 1. The molecule has 2 heterocycles. The van der Waals surface area contributed by atoms with Crippen LogP contribution >= 0.6 is 11.8 Å². The highest BCUT2D eigenvalue weighted by Crippen LogP contribution is 2.26. The first-order valence-electron chi connectivity index (χ1n) is 5.49. The van der Waals surface area contributed by atoms with Crippen LogP contribution in [0.25, 0.3) is 11.1 Å². The van der Waals surface area contributed by atoms with Gasteiger partial charge in [0.05, 0.1) is 11.4 Å². The van der Waals surface area contributed by atoms with Crippen LogP contribution in [-0.2, 0) is 5.75 Å². The molecular weight excluding hydrogens is 246 g/mol. The first kappa shape index (κ1) is 11.1. The summed E-state index contributed by atoms with van der Waals surface area (Å²) in [6.07, 6.45) is 3.54. The zero-order valence-corrected chi connectivity index (χ0v) is 10.4. The zero-order chi connectivity index (χ0) is 12.4. The predicted octanol–water partition coefficient (Wildman–Crippen LogP) is 3.10. The monoisotopic (exact) mass is 257 g/mol. The van der Waals surface area contributed by atoms with E-state index in [2.05, 4.69) is 9.97 Å². The molecule has 5 heteroatoms. The largest absolute Gasteiger partial charge is 0.440 e. The summed E-state index contributed by atoms with van der Waals surface area (Å²) in [6, 6.07) is 9.48. The lowest BCUT2D eigenvalue weighted by Gasteiger charge is -1.96.